The summed E-state index contributed by atoms with van der Waals surface area (Å²) in [5, 5.41) is 3.41. The number of benzene rings is 2. The number of anilines is 1. The summed E-state index contributed by atoms with van der Waals surface area (Å²) < 4.78 is 5.73. The Kier molecular flexibility index (Phi) is 4.84. The summed E-state index contributed by atoms with van der Waals surface area (Å²) in [5.74, 6) is -0.239. The first-order chi connectivity index (χ1) is 11.9. The van der Waals surface area contributed by atoms with Gasteiger partial charge in [-0.1, -0.05) is 11.6 Å². The molecule has 4 nitrogen and oxygen atoms in total. The molecule has 1 heterocycles. The lowest BCUT2D eigenvalue weighted by molar-refractivity contribution is -0.115. The van der Waals surface area contributed by atoms with Gasteiger partial charge >= 0.3 is 0 Å². The summed E-state index contributed by atoms with van der Waals surface area (Å²) in [4.78, 5) is 24.4. The second-order valence-electron chi connectivity index (χ2n) is 5.71. The number of amides is 1. The number of carbonyl (C=O) groups excluding carboxylic acids is 2. The molecule has 6 heteroatoms. The molecule has 128 valence electrons. The minimum absolute atomic E-state index is 0.217. The molecule has 1 N–H and O–H groups in total. The van der Waals surface area contributed by atoms with Crippen LogP contribution in [0.2, 0.25) is 5.02 Å². The standard InChI is InChI=1S/C19H15Cl2NO3/c1-10-15-9-14(22-19(24)11(2)20)7-8-16(15)25-18(10)17(23)12-3-5-13(21)6-4-12/h3-9,11H,1-2H3,(H,22,24). The number of halogens is 2. The Morgan fingerprint density at radius 1 is 1.12 bits per heavy atom. The third kappa shape index (κ3) is 3.55. The van der Waals surface area contributed by atoms with E-state index in [1.807, 2.05) is 6.92 Å². The summed E-state index contributed by atoms with van der Waals surface area (Å²) >= 11 is 11.6. The molecule has 0 bridgehead atoms. The van der Waals surface area contributed by atoms with E-state index in [4.69, 9.17) is 27.6 Å². The van der Waals surface area contributed by atoms with Gasteiger partial charge in [-0.05, 0) is 56.3 Å². The van der Waals surface area contributed by atoms with E-state index in [9.17, 15) is 9.59 Å². The number of fused-ring (bicyclic) bond motifs is 1. The molecule has 0 saturated carbocycles. The van der Waals surface area contributed by atoms with E-state index in [-0.39, 0.29) is 17.5 Å². The predicted octanol–water partition coefficient (Wildman–Crippen LogP) is 5.19. The number of rotatable bonds is 4. The Bertz CT molecular complexity index is 959. The highest BCUT2D eigenvalue weighted by atomic mass is 35.5. The molecule has 3 rings (SSSR count). The summed E-state index contributed by atoms with van der Waals surface area (Å²) in [6, 6.07) is 11.8. The average molecular weight is 376 g/mol. The normalized spacial score (nSPS) is 12.2. The molecule has 0 saturated heterocycles. The van der Waals surface area contributed by atoms with Gasteiger partial charge in [0, 0.05) is 27.2 Å². The predicted molar refractivity (Wildman–Crippen MR) is 99.8 cm³/mol. The van der Waals surface area contributed by atoms with Crippen LogP contribution in [0.1, 0.15) is 28.6 Å². The van der Waals surface area contributed by atoms with Crippen molar-refractivity contribution < 1.29 is 14.0 Å². The maximum absolute atomic E-state index is 12.7. The number of ketones is 1. The highest BCUT2D eigenvalue weighted by Crippen LogP contribution is 2.29. The number of hydrogen-bond acceptors (Lipinski definition) is 3. The van der Waals surface area contributed by atoms with Gasteiger partial charge in [-0.15, -0.1) is 11.6 Å². The van der Waals surface area contributed by atoms with E-state index in [2.05, 4.69) is 5.32 Å². The van der Waals surface area contributed by atoms with Gasteiger partial charge in [0.1, 0.15) is 11.0 Å². The Hall–Kier alpha value is -2.30. The molecule has 0 spiro atoms. The van der Waals surface area contributed by atoms with Crippen LogP contribution in [0.25, 0.3) is 11.0 Å². The molecule has 1 unspecified atom stereocenters. The number of hydrogen-bond donors (Lipinski definition) is 1. The fourth-order valence-electron chi connectivity index (χ4n) is 2.49. The number of nitrogens with one attached hydrogen (secondary N) is 1. The molecule has 1 amide bonds. The van der Waals surface area contributed by atoms with Crippen LogP contribution in [-0.2, 0) is 4.79 Å². The second-order valence-corrected chi connectivity index (χ2v) is 6.80. The first kappa shape index (κ1) is 17.5. The Morgan fingerprint density at radius 2 is 1.80 bits per heavy atom. The molecule has 0 aliphatic heterocycles. The Morgan fingerprint density at radius 3 is 2.44 bits per heavy atom. The topological polar surface area (TPSA) is 59.3 Å². The Balaban J connectivity index is 1.98. The first-order valence-corrected chi connectivity index (χ1v) is 8.46. The molecule has 2 aromatic carbocycles. The van der Waals surface area contributed by atoms with Crippen molar-refractivity contribution in [3.05, 3.63) is 64.4 Å². The van der Waals surface area contributed by atoms with Crippen LogP contribution < -0.4 is 5.32 Å². The zero-order valence-corrected chi connectivity index (χ0v) is 15.1. The minimum Gasteiger partial charge on any atom is -0.452 e. The van der Waals surface area contributed by atoms with Crippen molar-refractivity contribution in [2.75, 3.05) is 5.32 Å². The summed E-state index contributed by atoms with van der Waals surface area (Å²) in [5.41, 5.74) is 2.38. The first-order valence-electron chi connectivity index (χ1n) is 7.65. The van der Waals surface area contributed by atoms with Crippen molar-refractivity contribution in [3.8, 4) is 0 Å². The summed E-state index contributed by atoms with van der Waals surface area (Å²) in [7, 11) is 0. The van der Waals surface area contributed by atoms with Crippen LogP contribution in [0.15, 0.2) is 46.9 Å². The summed E-state index contributed by atoms with van der Waals surface area (Å²) in [6.45, 7) is 3.41. The zero-order valence-electron chi connectivity index (χ0n) is 13.6. The smallest absolute Gasteiger partial charge is 0.242 e. The highest BCUT2D eigenvalue weighted by Gasteiger charge is 2.20. The maximum atomic E-state index is 12.7. The van der Waals surface area contributed by atoms with Crippen molar-refractivity contribution in [2.24, 2.45) is 0 Å². The van der Waals surface area contributed by atoms with Gasteiger partial charge in [0.2, 0.25) is 11.7 Å². The van der Waals surface area contributed by atoms with Gasteiger partial charge in [0.15, 0.2) is 5.76 Å². The van der Waals surface area contributed by atoms with E-state index >= 15 is 0 Å². The van der Waals surface area contributed by atoms with E-state index in [1.165, 1.54) is 0 Å². The van der Waals surface area contributed by atoms with E-state index in [0.29, 0.717) is 27.4 Å². The molecule has 0 fully saturated rings. The molecule has 25 heavy (non-hydrogen) atoms. The molecular formula is C19H15Cl2NO3. The van der Waals surface area contributed by atoms with Crippen LogP contribution in [0.5, 0.6) is 0 Å². The third-order valence-electron chi connectivity index (χ3n) is 3.88. The van der Waals surface area contributed by atoms with Crippen molar-refractivity contribution in [2.45, 2.75) is 19.2 Å². The van der Waals surface area contributed by atoms with Gasteiger partial charge in [0.05, 0.1) is 0 Å². The van der Waals surface area contributed by atoms with Crippen LogP contribution >= 0.6 is 23.2 Å². The molecule has 0 aliphatic rings. The van der Waals surface area contributed by atoms with E-state index in [1.54, 1.807) is 49.4 Å². The minimum atomic E-state index is -0.636. The van der Waals surface area contributed by atoms with Gasteiger partial charge < -0.3 is 9.73 Å². The van der Waals surface area contributed by atoms with Crippen molar-refractivity contribution in [1.29, 1.82) is 0 Å². The molecular weight excluding hydrogens is 361 g/mol. The second kappa shape index (κ2) is 6.90. The lowest BCUT2D eigenvalue weighted by atomic mass is 10.0. The molecule has 0 radical (unpaired) electrons. The summed E-state index contributed by atoms with van der Waals surface area (Å²) in [6.07, 6.45) is 0. The SMILES string of the molecule is Cc1c(C(=O)c2ccc(Cl)cc2)oc2ccc(NC(=O)C(C)Cl)cc12. The molecule has 1 aromatic heterocycles. The van der Waals surface area contributed by atoms with Crippen LogP contribution in [0, 0.1) is 6.92 Å². The fourth-order valence-corrected chi connectivity index (χ4v) is 2.67. The Labute approximate surface area is 154 Å². The van der Waals surface area contributed by atoms with Gasteiger partial charge in [-0.25, -0.2) is 0 Å². The largest absolute Gasteiger partial charge is 0.452 e. The van der Waals surface area contributed by atoms with E-state index < -0.39 is 5.38 Å². The lowest BCUT2D eigenvalue weighted by Crippen LogP contribution is -2.20. The third-order valence-corrected chi connectivity index (χ3v) is 4.33. The maximum Gasteiger partial charge on any atom is 0.242 e. The molecule has 1 atom stereocenters. The van der Waals surface area contributed by atoms with E-state index in [0.717, 1.165) is 5.39 Å². The number of alkyl halides is 1. The zero-order chi connectivity index (χ0) is 18.1. The van der Waals surface area contributed by atoms with Gasteiger partial charge in [-0.3, -0.25) is 9.59 Å². The van der Waals surface area contributed by atoms with Gasteiger partial charge in [0.25, 0.3) is 0 Å². The van der Waals surface area contributed by atoms with Crippen LogP contribution in [-0.4, -0.2) is 17.1 Å². The fraction of sp³-hybridized carbons (Fsp3) is 0.158. The number of carbonyl (C=O) groups is 2. The van der Waals surface area contributed by atoms with Crippen LogP contribution in [0.3, 0.4) is 0 Å². The molecule has 3 aromatic rings. The van der Waals surface area contributed by atoms with Crippen molar-refractivity contribution >= 4 is 51.5 Å². The van der Waals surface area contributed by atoms with Crippen LogP contribution in [0.4, 0.5) is 5.69 Å². The van der Waals surface area contributed by atoms with Crippen molar-refractivity contribution in [3.63, 3.8) is 0 Å². The quantitative estimate of drug-likeness (QED) is 0.504. The number of furan rings is 1. The molecule has 0 aliphatic carbocycles. The van der Waals surface area contributed by atoms with Crippen molar-refractivity contribution in [1.82, 2.24) is 0 Å². The van der Waals surface area contributed by atoms with Gasteiger partial charge in [-0.2, -0.15) is 0 Å². The highest BCUT2D eigenvalue weighted by molar-refractivity contribution is 6.32. The monoisotopic (exact) mass is 375 g/mol. The number of aryl methyl sites for hydroxylation is 1. The lowest BCUT2D eigenvalue weighted by Gasteiger charge is -2.06. The average Bonchev–Trinajstić information content (AvgIpc) is 2.91.